The number of carboxylic acids is 1. The van der Waals surface area contributed by atoms with Crippen LogP contribution in [-0.4, -0.2) is 28.2 Å². The molecule has 8 nitrogen and oxygen atoms in total. The molecule has 3 aliphatic heterocycles. The molecule has 2 aromatic carbocycles. The van der Waals surface area contributed by atoms with Gasteiger partial charge in [-0.25, -0.2) is 14.2 Å². The first-order valence-electron chi connectivity index (χ1n) is 11.9. The molecule has 0 radical (unpaired) electrons. The molecular formula is C27H26FN3O5. The van der Waals surface area contributed by atoms with E-state index in [4.69, 9.17) is 9.15 Å². The van der Waals surface area contributed by atoms with E-state index in [0.29, 0.717) is 29.0 Å². The largest absolute Gasteiger partial charge is 0.476 e. The Morgan fingerprint density at radius 2 is 1.94 bits per heavy atom. The first-order valence-corrected chi connectivity index (χ1v) is 11.9. The smallest absolute Gasteiger partial charge is 0.358 e. The minimum Gasteiger partial charge on any atom is -0.476 e. The molecule has 0 fully saturated rings. The monoisotopic (exact) mass is 491 g/mol. The predicted molar refractivity (Wildman–Crippen MR) is 127 cm³/mol. The van der Waals surface area contributed by atoms with Gasteiger partial charge in [0.15, 0.2) is 17.7 Å². The molecule has 9 heteroatoms. The summed E-state index contributed by atoms with van der Waals surface area (Å²) in [6, 6.07) is 9.23. The van der Waals surface area contributed by atoms with E-state index in [2.05, 4.69) is 15.6 Å². The van der Waals surface area contributed by atoms with Crippen LogP contribution in [0.3, 0.4) is 0 Å². The summed E-state index contributed by atoms with van der Waals surface area (Å²) >= 11 is 0. The number of ether oxygens (including phenoxy) is 1. The summed E-state index contributed by atoms with van der Waals surface area (Å²) in [5.74, 6) is -1.66. The number of nitrogens with zero attached hydrogens (tertiary/aromatic N) is 1. The number of carbonyl (C=O) groups excluding carboxylic acids is 1. The topological polar surface area (TPSA) is 114 Å². The summed E-state index contributed by atoms with van der Waals surface area (Å²) in [7, 11) is 0. The Bertz CT molecular complexity index is 1440. The molecule has 0 saturated heterocycles. The van der Waals surface area contributed by atoms with Crippen molar-refractivity contribution in [3.63, 3.8) is 0 Å². The molecule has 4 bridgehead atoms. The number of hydrogen-bond acceptors (Lipinski definition) is 6. The van der Waals surface area contributed by atoms with Crippen molar-refractivity contribution < 1.29 is 28.2 Å². The number of oxazole rings is 1. The molecular weight excluding hydrogens is 465 g/mol. The average Bonchev–Trinajstić information content (AvgIpc) is 3.45. The first-order chi connectivity index (χ1) is 17.0. The molecule has 3 aromatic rings. The Morgan fingerprint density at radius 1 is 1.17 bits per heavy atom. The van der Waals surface area contributed by atoms with Crippen molar-refractivity contribution in [2.24, 2.45) is 11.3 Å². The number of carboxylic acid groups (broad SMARTS) is 1. The zero-order valence-electron chi connectivity index (χ0n) is 20.3. The van der Waals surface area contributed by atoms with Crippen LogP contribution in [0.2, 0.25) is 0 Å². The molecule has 3 aliphatic rings. The molecule has 1 aromatic heterocycles. The molecule has 1 spiro atoms. The van der Waals surface area contributed by atoms with Gasteiger partial charge in [0.25, 0.3) is 0 Å². The van der Waals surface area contributed by atoms with Gasteiger partial charge < -0.3 is 24.9 Å². The van der Waals surface area contributed by atoms with Crippen LogP contribution in [0.4, 0.5) is 10.1 Å². The van der Waals surface area contributed by atoms with Crippen LogP contribution in [0.15, 0.2) is 40.8 Å². The van der Waals surface area contributed by atoms with Crippen molar-refractivity contribution in [2.45, 2.75) is 51.8 Å². The standard InChI is InChI=1S/C27H26FN3O5/c1-12-9-13-5-8-18-16(10-13)27(15-11-14(28)6-7-17(15)29-25(27)35-18)21-19(24(33)34)30-23(36-21)20(26(2,3)4)31-22(12)32/h5-8,10-12,20,25,29H,9H2,1-4H3,(H,31,32)(H,33,34)/t12-,20+,25+,27-/m0/s1. The number of aromatic nitrogens is 1. The zero-order chi connectivity index (χ0) is 25.6. The van der Waals surface area contributed by atoms with E-state index < -0.39 is 34.9 Å². The van der Waals surface area contributed by atoms with Gasteiger partial charge in [0.1, 0.15) is 23.0 Å². The second kappa shape index (κ2) is 7.32. The Labute approximate surface area is 206 Å². The fourth-order valence-electron chi connectivity index (χ4n) is 5.62. The lowest BCUT2D eigenvalue weighted by molar-refractivity contribution is -0.126. The van der Waals surface area contributed by atoms with Gasteiger partial charge in [0.05, 0.1) is 0 Å². The maximum atomic E-state index is 14.7. The van der Waals surface area contributed by atoms with Crippen LogP contribution in [0.25, 0.3) is 0 Å². The molecule has 6 rings (SSSR count). The Kier molecular flexibility index (Phi) is 4.59. The Morgan fingerprint density at radius 3 is 2.67 bits per heavy atom. The van der Waals surface area contributed by atoms with Crippen LogP contribution in [0.1, 0.15) is 72.6 Å². The molecule has 4 heterocycles. The normalized spacial score (nSPS) is 26.0. The van der Waals surface area contributed by atoms with Gasteiger partial charge in [0.2, 0.25) is 11.8 Å². The number of benzene rings is 2. The number of anilines is 1. The van der Waals surface area contributed by atoms with Crippen molar-refractivity contribution in [1.82, 2.24) is 10.3 Å². The number of aromatic carboxylic acids is 1. The van der Waals surface area contributed by atoms with E-state index in [1.165, 1.54) is 12.1 Å². The summed E-state index contributed by atoms with van der Waals surface area (Å²) < 4.78 is 27.3. The fraction of sp³-hybridized carbons (Fsp3) is 0.370. The molecule has 0 aliphatic carbocycles. The van der Waals surface area contributed by atoms with Gasteiger partial charge in [-0.05, 0) is 41.7 Å². The lowest BCUT2D eigenvalue weighted by Crippen LogP contribution is -2.41. The van der Waals surface area contributed by atoms with Gasteiger partial charge in [-0.15, -0.1) is 0 Å². The molecule has 1 amide bonds. The highest BCUT2D eigenvalue weighted by atomic mass is 19.1. The summed E-state index contributed by atoms with van der Waals surface area (Å²) in [5.41, 5.74) is 0.505. The van der Waals surface area contributed by atoms with E-state index in [0.717, 1.165) is 5.56 Å². The number of halogens is 1. The summed E-state index contributed by atoms with van der Waals surface area (Å²) in [6.07, 6.45) is -0.320. The average molecular weight is 492 g/mol. The molecule has 3 N–H and O–H groups in total. The van der Waals surface area contributed by atoms with Gasteiger partial charge in [-0.2, -0.15) is 0 Å². The van der Waals surface area contributed by atoms with Crippen LogP contribution < -0.4 is 15.4 Å². The number of nitrogens with one attached hydrogen (secondary N) is 2. The van der Waals surface area contributed by atoms with Gasteiger partial charge >= 0.3 is 5.97 Å². The van der Waals surface area contributed by atoms with E-state index >= 15 is 0 Å². The van der Waals surface area contributed by atoms with Crippen molar-refractivity contribution in [1.29, 1.82) is 0 Å². The van der Waals surface area contributed by atoms with Gasteiger partial charge in [-0.1, -0.05) is 39.8 Å². The van der Waals surface area contributed by atoms with E-state index in [1.807, 2.05) is 39.8 Å². The van der Waals surface area contributed by atoms with E-state index in [-0.39, 0.29) is 29.2 Å². The summed E-state index contributed by atoms with van der Waals surface area (Å²) in [5, 5.41) is 16.6. The quantitative estimate of drug-likeness (QED) is 0.463. The second-order valence-electron chi connectivity index (χ2n) is 10.9. The number of rotatable bonds is 1. The minimum atomic E-state index is -1.30. The first kappa shape index (κ1) is 22.6. The number of fused-ring (bicyclic) bond motifs is 4. The van der Waals surface area contributed by atoms with Gasteiger partial charge in [-0.3, -0.25) is 4.79 Å². The number of carbonyl (C=O) groups is 2. The summed E-state index contributed by atoms with van der Waals surface area (Å²) in [6.45, 7) is 7.59. The fourth-order valence-corrected chi connectivity index (χ4v) is 5.62. The second-order valence-corrected chi connectivity index (χ2v) is 10.9. The molecule has 0 unspecified atom stereocenters. The van der Waals surface area contributed by atoms with Gasteiger partial charge in [0, 0.05) is 22.7 Å². The van der Waals surface area contributed by atoms with E-state index in [1.54, 1.807) is 12.1 Å². The SMILES string of the molecule is C[C@H]1Cc2ccc3c(c2)[C@@]2(c4cc(F)ccc4N[C@@H]2O3)c2oc(nc2C(=O)O)[C@H](C(C)(C)C)NC1=O. The van der Waals surface area contributed by atoms with Crippen LogP contribution >= 0.6 is 0 Å². The summed E-state index contributed by atoms with van der Waals surface area (Å²) in [4.78, 5) is 30.1. The van der Waals surface area contributed by atoms with Crippen LogP contribution in [0.5, 0.6) is 5.75 Å². The third-order valence-electron chi connectivity index (χ3n) is 7.39. The number of hydrogen-bond donors (Lipinski definition) is 3. The third kappa shape index (κ3) is 3.01. The lowest BCUT2D eigenvalue weighted by Gasteiger charge is -2.31. The molecule has 4 atom stereocenters. The highest BCUT2D eigenvalue weighted by Gasteiger charge is 2.61. The Hall–Kier alpha value is -3.88. The molecule has 36 heavy (non-hydrogen) atoms. The number of amides is 1. The predicted octanol–water partition coefficient (Wildman–Crippen LogP) is 4.39. The zero-order valence-corrected chi connectivity index (χ0v) is 20.3. The lowest BCUT2D eigenvalue weighted by atomic mass is 9.72. The Balaban J connectivity index is 1.73. The molecule has 186 valence electrons. The van der Waals surface area contributed by atoms with Crippen molar-refractivity contribution in [2.75, 3.05) is 5.32 Å². The maximum absolute atomic E-state index is 14.7. The van der Waals surface area contributed by atoms with Crippen molar-refractivity contribution in [3.05, 3.63) is 76.3 Å². The van der Waals surface area contributed by atoms with E-state index in [9.17, 15) is 19.1 Å². The molecule has 0 saturated carbocycles. The van der Waals surface area contributed by atoms with Crippen molar-refractivity contribution >= 4 is 17.6 Å². The highest BCUT2D eigenvalue weighted by Crippen LogP contribution is 2.58. The van der Waals surface area contributed by atoms with Crippen LogP contribution in [0, 0.1) is 17.2 Å². The highest BCUT2D eigenvalue weighted by molar-refractivity contribution is 5.89. The maximum Gasteiger partial charge on any atom is 0.358 e. The van der Waals surface area contributed by atoms with Crippen LogP contribution in [-0.2, 0) is 16.6 Å². The third-order valence-corrected chi connectivity index (χ3v) is 7.39. The minimum absolute atomic E-state index is 0.0415. The van der Waals surface area contributed by atoms with Crippen molar-refractivity contribution in [3.8, 4) is 5.75 Å².